The first kappa shape index (κ1) is 18.6. The van der Waals surface area contributed by atoms with Crippen LogP contribution < -0.4 is 5.32 Å². The molecule has 134 valence electrons. The molecule has 0 bridgehead atoms. The van der Waals surface area contributed by atoms with Crippen LogP contribution in [0.25, 0.3) is 11.1 Å². The second-order valence-corrected chi connectivity index (χ2v) is 7.22. The number of carbonyl (C=O) groups is 1. The van der Waals surface area contributed by atoms with Gasteiger partial charge in [0.1, 0.15) is 16.1 Å². The number of nitrogens with zero attached hydrogens (tertiary/aromatic N) is 2. The van der Waals surface area contributed by atoms with Crippen molar-refractivity contribution in [2.75, 3.05) is 5.32 Å². The Morgan fingerprint density at radius 2 is 1.96 bits per heavy atom. The van der Waals surface area contributed by atoms with E-state index in [2.05, 4.69) is 11.4 Å². The maximum atomic E-state index is 12.5. The molecule has 27 heavy (non-hydrogen) atoms. The zero-order chi connectivity index (χ0) is 19.6. The van der Waals surface area contributed by atoms with E-state index in [1.54, 1.807) is 0 Å². The fraction of sp³-hybridized carbons (Fsp3) is 0.0526. The van der Waals surface area contributed by atoms with Crippen molar-refractivity contribution in [1.82, 2.24) is 0 Å². The van der Waals surface area contributed by atoms with Gasteiger partial charge in [-0.15, -0.1) is 11.3 Å². The Bertz CT molecular complexity index is 1090. The van der Waals surface area contributed by atoms with Gasteiger partial charge in [0.25, 0.3) is 11.6 Å². The number of amides is 1. The number of benzene rings is 2. The summed E-state index contributed by atoms with van der Waals surface area (Å²) in [5.41, 5.74) is 1.74. The Labute approximate surface area is 163 Å². The van der Waals surface area contributed by atoms with Crippen molar-refractivity contribution in [2.24, 2.45) is 0 Å². The highest BCUT2D eigenvalue weighted by Crippen LogP contribution is 2.39. The molecule has 0 unspecified atom stereocenters. The molecule has 3 rings (SSSR count). The number of thiophene rings is 1. The van der Waals surface area contributed by atoms with Crippen LogP contribution in [-0.4, -0.2) is 10.8 Å². The Hall–Kier alpha value is -3.21. The minimum absolute atomic E-state index is 0.0485. The van der Waals surface area contributed by atoms with Crippen LogP contribution in [0.15, 0.2) is 48.5 Å². The number of aryl methyl sites for hydroxylation is 1. The van der Waals surface area contributed by atoms with Crippen molar-refractivity contribution >= 4 is 39.5 Å². The molecular formula is C19H12ClN3O3S. The van der Waals surface area contributed by atoms with E-state index in [9.17, 15) is 20.2 Å². The van der Waals surface area contributed by atoms with Crippen LogP contribution >= 0.6 is 22.9 Å². The molecule has 1 heterocycles. The lowest BCUT2D eigenvalue weighted by Gasteiger charge is -2.05. The van der Waals surface area contributed by atoms with Gasteiger partial charge in [0, 0.05) is 22.1 Å². The third-order valence-corrected chi connectivity index (χ3v) is 5.23. The molecule has 0 aliphatic heterocycles. The van der Waals surface area contributed by atoms with Crippen molar-refractivity contribution in [3.63, 3.8) is 0 Å². The van der Waals surface area contributed by atoms with Gasteiger partial charge in [0.05, 0.1) is 10.5 Å². The van der Waals surface area contributed by atoms with Crippen LogP contribution in [0.3, 0.4) is 0 Å². The number of nitro groups is 1. The number of nitriles is 1. The van der Waals surface area contributed by atoms with Crippen molar-refractivity contribution < 1.29 is 9.72 Å². The van der Waals surface area contributed by atoms with Crippen LogP contribution in [0.1, 0.15) is 20.8 Å². The van der Waals surface area contributed by atoms with Gasteiger partial charge in [0.15, 0.2) is 0 Å². The average Bonchev–Trinajstić information content (AvgIpc) is 2.97. The number of hydrogen-bond donors (Lipinski definition) is 1. The zero-order valence-corrected chi connectivity index (χ0v) is 15.6. The third-order valence-electron chi connectivity index (χ3n) is 3.89. The van der Waals surface area contributed by atoms with E-state index in [1.165, 1.54) is 23.5 Å². The molecule has 8 heteroatoms. The summed E-state index contributed by atoms with van der Waals surface area (Å²) in [6.45, 7) is 1.87. The third kappa shape index (κ3) is 3.67. The molecule has 0 spiro atoms. The van der Waals surface area contributed by atoms with E-state index in [0.29, 0.717) is 10.6 Å². The lowest BCUT2D eigenvalue weighted by molar-refractivity contribution is -0.384. The first-order valence-corrected chi connectivity index (χ1v) is 8.96. The molecule has 1 aromatic heterocycles. The van der Waals surface area contributed by atoms with Crippen molar-refractivity contribution in [2.45, 2.75) is 6.92 Å². The highest BCUT2D eigenvalue weighted by molar-refractivity contribution is 7.17. The van der Waals surface area contributed by atoms with Gasteiger partial charge < -0.3 is 5.32 Å². The molecule has 0 atom stereocenters. The fourth-order valence-electron chi connectivity index (χ4n) is 2.66. The average molecular weight is 398 g/mol. The summed E-state index contributed by atoms with van der Waals surface area (Å²) in [4.78, 5) is 23.8. The molecule has 0 saturated heterocycles. The van der Waals surface area contributed by atoms with Crippen LogP contribution in [0, 0.1) is 28.4 Å². The predicted octanol–water partition coefficient (Wildman–Crippen LogP) is 5.41. The van der Waals surface area contributed by atoms with Gasteiger partial charge >= 0.3 is 0 Å². The number of nitrogens with one attached hydrogen (secondary N) is 1. The number of halogens is 1. The summed E-state index contributed by atoms with van der Waals surface area (Å²) in [6, 6.07) is 15.4. The molecule has 0 fully saturated rings. The lowest BCUT2D eigenvalue weighted by atomic mass is 10.0. The van der Waals surface area contributed by atoms with Gasteiger partial charge in [-0.05, 0) is 24.6 Å². The van der Waals surface area contributed by atoms with Crippen LogP contribution in [-0.2, 0) is 0 Å². The van der Waals surface area contributed by atoms with Gasteiger partial charge in [-0.3, -0.25) is 14.9 Å². The quantitative estimate of drug-likeness (QED) is 0.470. The molecule has 0 aliphatic carbocycles. The normalized spacial score (nSPS) is 10.3. The van der Waals surface area contributed by atoms with E-state index < -0.39 is 10.8 Å². The van der Waals surface area contributed by atoms with Gasteiger partial charge in [-0.25, -0.2) is 0 Å². The number of nitro benzene ring substituents is 1. The summed E-state index contributed by atoms with van der Waals surface area (Å²) >= 11 is 7.06. The lowest BCUT2D eigenvalue weighted by Crippen LogP contribution is -2.12. The minimum atomic E-state index is -0.650. The maximum absolute atomic E-state index is 12.5. The largest absolute Gasteiger partial charge is 0.312 e. The topological polar surface area (TPSA) is 96.0 Å². The van der Waals surface area contributed by atoms with Gasteiger partial charge in [-0.2, -0.15) is 5.26 Å². The number of hydrogen-bond acceptors (Lipinski definition) is 5. The first-order chi connectivity index (χ1) is 12.9. The Balaban J connectivity index is 1.97. The Morgan fingerprint density at radius 1 is 1.26 bits per heavy atom. The minimum Gasteiger partial charge on any atom is -0.312 e. The molecular weight excluding hydrogens is 386 g/mol. The van der Waals surface area contributed by atoms with E-state index >= 15 is 0 Å². The smallest absolute Gasteiger partial charge is 0.288 e. The standard InChI is InChI=1S/C19H12ClN3O3S/c1-11-17(12-5-3-2-4-6-12)14(10-21)19(27-11)22-18(24)13-7-8-15(20)16(9-13)23(25)26/h2-9H,1H3,(H,22,24). The highest BCUT2D eigenvalue weighted by atomic mass is 35.5. The summed E-state index contributed by atoms with van der Waals surface area (Å²) in [7, 11) is 0. The van der Waals surface area contributed by atoms with Crippen molar-refractivity contribution in [3.8, 4) is 17.2 Å². The molecule has 1 amide bonds. The molecule has 1 N–H and O–H groups in total. The van der Waals surface area contributed by atoms with Crippen molar-refractivity contribution in [1.29, 1.82) is 5.26 Å². The number of rotatable bonds is 4. The predicted molar refractivity (Wildman–Crippen MR) is 105 cm³/mol. The monoisotopic (exact) mass is 397 g/mol. The molecule has 0 saturated carbocycles. The SMILES string of the molecule is Cc1sc(NC(=O)c2ccc(Cl)c([N+](=O)[O-])c2)c(C#N)c1-c1ccccc1. The van der Waals surface area contributed by atoms with E-state index in [0.717, 1.165) is 22.1 Å². The molecule has 3 aromatic rings. The second kappa shape index (κ2) is 7.58. The van der Waals surface area contributed by atoms with Crippen LogP contribution in [0.4, 0.5) is 10.7 Å². The number of anilines is 1. The zero-order valence-electron chi connectivity index (χ0n) is 14.0. The molecule has 6 nitrogen and oxygen atoms in total. The summed E-state index contributed by atoms with van der Waals surface area (Å²) in [5.74, 6) is -0.549. The Kier molecular flexibility index (Phi) is 5.21. The van der Waals surface area contributed by atoms with E-state index in [4.69, 9.17) is 11.6 Å². The first-order valence-electron chi connectivity index (χ1n) is 7.76. The van der Waals surface area contributed by atoms with E-state index in [-0.39, 0.29) is 16.3 Å². The summed E-state index contributed by atoms with van der Waals surface area (Å²) in [6.07, 6.45) is 0. The van der Waals surface area contributed by atoms with Crippen LogP contribution in [0.2, 0.25) is 5.02 Å². The maximum Gasteiger partial charge on any atom is 0.288 e. The fourth-order valence-corrected chi connectivity index (χ4v) is 3.87. The summed E-state index contributed by atoms with van der Waals surface area (Å²) in [5, 5.41) is 23.7. The van der Waals surface area contributed by atoms with Gasteiger partial charge in [-0.1, -0.05) is 41.9 Å². The van der Waals surface area contributed by atoms with Crippen molar-refractivity contribution in [3.05, 3.63) is 79.7 Å². The van der Waals surface area contributed by atoms with Crippen LogP contribution in [0.5, 0.6) is 0 Å². The Morgan fingerprint density at radius 3 is 2.59 bits per heavy atom. The van der Waals surface area contributed by atoms with Gasteiger partial charge in [0.2, 0.25) is 0 Å². The van der Waals surface area contributed by atoms with E-state index in [1.807, 2.05) is 37.3 Å². The number of carbonyl (C=O) groups excluding carboxylic acids is 1. The molecule has 0 aliphatic rings. The second-order valence-electron chi connectivity index (χ2n) is 5.59. The summed E-state index contributed by atoms with van der Waals surface area (Å²) < 4.78 is 0. The molecule has 0 radical (unpaired) electrons. The molecule has 2 aromatic carbocycles. The highest BCUT2D eigenvalue weighted by Gasteiger charge is 2.21.